The largest absolute Gasteiger partial charge is 0.477 e. The van der Waals surface area contributed by atoms with Crippen LogP contribution in [0.5, 0.6) is 0 Å². The average molecular weight is 228 g/mol. The lowest BCUT2D eigenvalue weighted by Gasteiger charge is -2.47. The molecule has 2 heterocycles. The van der Waals surface area contributed by atoms with Gasteiger partial charge < -0.3 is 10.8 Å². The van der Waals surface area contributed by atoms with Crippen LogP contribution in [0.4, 0.5) is 0 Å². The van der Waals surface area contributed by atoms with E-state index in [1.807, 2.05) is 0 Å². The molecule has 2 aliphatic heterocycles. The van der Waals surface area contributed by atoms with Crippen LogP contribution in [-0.4, -0.2) is 45.3 Å². The van der Waals surface area contributed by atoms with Gasteiger partial charge in [-0.05, 0) is 0 Å². The Kier molecular flexibility index (Phi) is 2.28. The minimum atomic E-state index is -1.26. The number of carbonyl (C=O) groups is 3. The van der Waals surface area contributed by atoms with Gasteiger partial charge >= 0.3 is 5.97 Å². The van der Waals surface area contributed by atoms with Crippen molar-refractivity contribution in [1.29, 1.82) is 0 Å². The van der Waals surface area contributed by atoms with Gasteiger partial charge in [-0.25, -0.2) is 4.79 Å². The van der Waals surface area contributed by atoms with Gasteiger partial charge in [-0.1, -0.05) is 0 Å². The number of nitrogens with two attached hydrogens (primary N) is 1. The summed E-state index contributed by atoms with van der Waals surface area (Å²) in [6.45, 7) is 0. The Morgan fingerprint density at radius 1 is 1.67 bits per heavy atom. The molecule has 1 fully saturated rings. The van der Waals surface area contributed by atoms with Crippen LogP contribution in [0, 0.1) is 0 Å². The zero-order valence-corrected chi connectivity index (χ0v) is 8.36. The lowest BCUT2D eigenvalue weighted by molar-refractivity contribution is -0.148. The van der Waals surface area contributed by atoms with Gasteiger partial charge in [0.05, 0.1) is 0 Å². The highest BCUT2D eigenvalue weighted by Crippen LogP contribution is 2.38. The number of aliphatic carboxylic acids is 1. The second-order valence-corrected chi connectivity index (χ2v) is 4.34. The molecule has 6 nitrogen and oxygen atoms in total. The van der Waals surface area contributed by atoms with E-state index in [1.54, 1.807) is 0 Å². The Morgan fingerprint density at radius 3 is 2.87 bits per heavy atom. The molecule has 7 heteroatoms. The van der Waals surface area contributed by atoms with Crippen molar-refractivity contribution in [3.63, 3.8) is 0 Å². The predicted octanol–water partition coefficient (Wildman–Crippen LogP) is -1.23. The highest BCUT2D eigenvalue weighted by Gasteiger charge is 2.51. The lowest BCUT2D eigenvalue weighted by Crippen LogP contribution is -2.68. The summed E-state index contributed by atoms with van der Waals surface area (Å²) in [5, 5.41) is 8.56. The molecule has 0 bridgehead atoms. The van der Waals surface area contributed by atoms with E-state index in [9.17, 15) is 14.4 Å². The third-order valence-electron chi connectivity index (χ3n) is 2.38. The maximum atomic E-state index is 11.3. The van der Waals surface area contributed by atoms with Crippen LogP contribution in [0.15, 0.2) is 11.3 Å². The van der Waals surface area contributed by atoms with Gasteiger partial charge in [0, 0.05) is 11.3 Å². The van der Waals surface area contributed by atoms with Gasteiger partial charge in [-0.15, -0.1) is 11.8 Å². The molecule has 15 heavy (non-hydrogen) atoms. The molecule has 3 N–H and O–H groups in total. The zero-order valence-electron chi connectivity index (χ0n) is 7.54. The monoisotopic (exact) mass is 228 g/mol. The van der Waals surface area contributed by atoms with E-state index in [4.69, 9.17) is 10.8 Å². The van der Waals surface area contributed by atoms with Crippen molar-refractivity contribution in [3.05, 3.63) is 11.3 Å². The number of carbonyl (C=O) groups excluding carboxylic acids is 2. The van der Waals surface area contributed by atoms with E-state index in [-0.39, 0.29) is 22.4 Å². The van der Waals surface area contributed by atoms with Crippen molar-refractivity contribution in [3.8, 4) is 0 Å². The predicted molar refractivity (Wildman–Crippen MR) is 51.8 cm³/mol. The van der Waals surface area contributed by atoms with Crippen LogP contribution in [0.2, 0.25) is 0 Å². The summed E-state index contributed by atoms with van der Waals surface area (Å²) in [4.78, 5) is 34.0. The number of carboxylic acids is 1. The zero-order chi connectivity index (χ0) is 11.2. The maximum Gasteiger partial charge on any atom is 0.353 e. The molecule has 1 saturated heterocycles. The number of aldehydes is 1. The number of hydrogen-bond acceptors (Lipinski definition) is 5. The summed E-state index contributed by atoms with van der Waals surface area (Å²) in [5.41, 5.74) is 5.42. The number of β-lactam (4-membered cyclic amide) rings is 1. The Morgan fingerprint density at radius 2 is 2.33 bits per heavy atom. The van der Waals surface area contributed by atoms with Crippen LogP contribution in [0.3, 0.4) is 0 Å². The molecule has 0 aromatic heterocycles. The van der Waals surface area contributed by atoms with Crippen molar-refractivity contribution in [1.82, 2.24) is 4.90 Å². The molecule has 0 aromatic carbocycles. The minimum absolute atomic E-state index is 0.129. The number of amides is 1. The molecule has 0 aromatic rings. The molecule has 0 unspecified atom stereocenters. The first kappa shape index (κ1) is 10.2. The van der Waals surface area contributed by atoms with Crippen molar-refractivity contribution in [2.24, 2.45) is 5.73 Å². The minimum Gasteiger partial charge on any atom is -0.477 e. The van der Waals surface area contributed by atoms with Crippen LogP contribution in [0.25, 0.3) is 0 Å². The fraction of sp³-hybridized carbons (Fsp3) is 0.375. The van der Waals surface area contributed by atoms with Crippen molar-refractivity contribution < 1.29 is 19.5 Å². The van der Waals surface area contributed by atoms with E-state index >= 15 is 0 Å². The van der Waals surface area contributed by atoms with Crippen LogP contribution in [0.1, 0.15) is 0 Å². The first-order valence-electron chi connectivity index (χ1n) is 4.19. The summed E-state index contributed by atoms with van der Waals surface area (Å²) in [5.74, 6) is -1.42. The molecule has 0 saturated carbocycles. The Balaban J connectivity index is 2.42. The number of thioether (sulfide) groups is 1. The second kappa shape index (κ2) is 3.35. The van der Waals surface area contributed by atoms with Gasteiger partial charge in [-0.3, -0.25) is 14.5 Å². The van der Waals surface area contributed by atoms with Crippen molar-refractivity contribution in [2.45, 2.75) is 11.4 Å². The first-order chi connectivity index (χ1) is 7.07. The molecule has 2 atom stereocenters. The molecule has 2 rings (SSSR count). The lowest BCUT2D eigenvalue weighted by atomic mass is 10.0. The Bertz CT molecular complexity index is 392. The summed E-state index contributed by atoms with van der Waals surface area (Å²) in [7, 11) is 0. The number of hydrogen-bond donors (Lipinski definition) is 2. The van der Waals surface area contributed by atoms with E-state index in [0.717, 1.165) is 4.90 Å². The summed E-state index contributed by atoms with van der Waals surface area (Å²) >= 11 is 1.31. The topological polar surface area (TPSA) is 101 Å². The fourth-order valence-corrected chi connectivity index (χ4v) is 2.87. The summed E-state index contributed by atoms with van der Waals surface area (Å²) in [6, 6.07) is -0.655. The van der Waals surface area contributed by atoms with Gasteiger partial charge in [0.25, 0.3) is 0 Å². The third kappa shape index (κ3) is 1.27. The summed E-state index contributed by atoms with van der Waals surface area (Å²) < 4.78 is 0. The van der Waals surface area contributed by atoms with E-state index in [0.29, 0.717) is 6.29 Å². The molecule has 80 valence electrons. The smallest absolute Gasteiger partial charge is 0.353 e. The maximum absolute atomic E-state index is 11.3. The fourth-order valence-electron chi connectivity index (χ4n) is 1.63. The molecular formula is C8H8N2O4S. The van der Waals surface area contributed by atoms with Crippen molar-refractivity contribution in [2.75, 3.05) is 5.75 Å². The first-order valence-corrected chi connectivity index (χ1v) is 5.24. The molecule has 0 aliphatic carbocycles. The number of nitrogens with zero attached hydrogens (tertiary/aromatic N) is 1. The molecule has 2 aliphatic rings. The van der Waals surface area contributed by atoms with Crippen LogP contribution in [-0.2, 0) is 14.4 Å². The SMILES string of the molecule is N[C@H]1C(=O)N2C(C(=O)O)=C(C=O)CS[C@@H]12. The van der Waals surface area contributed by atoms with Crippen LogP contribution >= 0.6 is 11.8 Å². The summed E-state index contributed by atoms with van der Waals surface area (Å²) in [6.07, 6.45) is 0.476. The molecule has 0 radical (unpaired) electrons. The average Bonchev–Trinajstić information content (AvgIpc) is 2.25. The van der Waals surface area contributed by atoms with Gasteiger partial charge in [0.15, 0.2) is 0 Å². The Hall–Kier alpha value is -1.34. The Labute approximate surface area is 89.1 Å². The quantitative estimate of drug-likeness (QED) is 0.453. The third-order valence-corrected chi connectivity index (χ3v) is 3.71. The standard InChI is InChI=1S/C8H8N2O4S/c9-4-6(12)10-5(8(13)14)3(1-11)2-15-7(4)10/h1,4,7H,2,9H2,(H,13,14)/t4-,7-/m0/s1. The van der Waals surface area contributed by atoms with E-state index in [1.165, 1.54) is 11.8 Å². The molecule has 0 spiro atoms. The number of carboxylic acid groups (broad SMARTS) is 1. The van der Waals surface area contributed by atoms with E-state index < -0.39 is 17.9 Å². The van der Waals surface area contributed by atoms with Crippen molar-refractivity contribution >= 4 is 29.9 Å². The normalized spacial score (nSPS) is 29.7. The van der Waals surface area contributed by atoms with Crippen LogP contribution < -0.4 is 5.73 Å². The van der Waals surface area contributed by atoms with E-state index in [2.05, 4.69) is 0 Å². The highest BCUT2D eigenvalue weighted by molar-refractivity contribution is 8.00. The van der Waals surface area contributed by atoms with Gasteiger partial charge in [0.2, 0.25) is 5.91 Å². The molecular weight excluding hydrogens is 220 g/mol. The molecule has 1 amide bonds. The second-order valence-electron chi connectivity index (χ2n) is 3.23. The number of rotatable bonds is 2. The van der Waals surface area contributed by atoms with Gasteiger partial charge in [-0.2, -0.15) is 0 Å². The highest BCUT2D eigenvalue weighted by atomic mass is 32.2. The number of fused-ring (bicyclic) bond motifs is 1. The van der Waals surface area contributed by atoms with Gasteiger partial charge in [0.1, 0.15) is 23.4 Å².